The highest BCUT2D eigenvalue weighted by atomic mass is 31.1. The predicted octanol–water partition coefficient (Wildman–Crippen LogP) is 0.659. The Balaban J connectivity index is 3.50. The fraction of sp³-hybridized carbons (Fsp3) is 0. The molecule has 3 heteroatoms. The van der Waals surface area contributed by atoms with E-state index in [4.69, 9.17) is 0 Å². The SMILES string of the molecule is C#CO[PH](=O)C#C. The molecule has 0 heterocycles. The van der Waals surface area contributed by atoms with E-state index < -0.39 is 8.03 Å². The van der Waals surface area contributed by atoms with Crippen LogP contribution in [-0.4, -0.2) is 0 Å². The molecule has 0 rings (SSSR count). The Morgan fingerprint density at radius 1 is 1.57 bits per heavy atom. The predicted molar refractivity (Wildman–Crippen MR) is 27.8 cm³/mol. The smallest absolute Gasteiger partial charge is 0.316 e. The summed E-state index contributed by atoms with van der Waals surface area (Å²) in [7, 11) is -2.34. The van der Waals surface area contributed by atoms with E-state index in [1.54, 1.807) is 6.11 Å². The van der Waals surface area contributed by atoms with Crippen LogP contribution in [0.1, 0.15) is 0 Å². The zero-order chi connectivity index (χ0) is 5.70. The number of terminal acetylenes is 2. The second-order valence-corrected chi connectivity index (χ2v) is 1.72. The van der Waals surface area contributed by atoms with Crippen LogP contribution in [0.5, 0.6) is 0 Å². The molecule has 0 aliphatic rings. The Kier molecular flexibility index (Phi) is 2.94. The quantitative estimate of drug-likeness (QED) is 0.369. The summed E-state index contributed by atoms with van der Waals surface area (Å²) in [4.78, 5) is 0. The molecule has 0 N–H and O–H groups in total. The first-order chi connectivity index (χ1) is 3.31. The third-order valence-electron chi connectivity index (χ3n) is 0.269. The van der Waals surface area contributed by atoms with Gasteiger partial charge in [0.25, 0.3) is 0 Å². The molecule has 0 saturated heterocycles. The van der Waals surface area contributed by atoms with Crippen LogP contribution >= 0.6 is 8.03 Å². The lowest BCUT2D eigenvalue weighted by molar-refractivity contribution is 0.497. The van der Waals surface area contributed by atoms with Crippen molar-refractivity contribution >= 4 is 8.03 Å². The van der Waals surface area contributed by atoms with Crippen molar-refractivity contribution in [3.63, 3.8) is 0 Å². The molecule has 1 atom stereocenters. The molecule has 0 aromatic heterocycles. The summed E-state index contributed by atoms with van der Waals surface area (Å²) in [6.45, 7) is 0. The van der Waals surface area contributed by atoms with Gasteiger partial charge in [-0.05, 0) is 5.66 Å². The van der Waals surface area contributed by atoms with Gasteiger partial charge in [0.05, 0.1) is 0 Å². The van der Waals surface area contributed by atoms with E-state index >= 15 is 0 Å². The van der Waals surface area contributed by atoms with Gasteiger partial charge >= 0.3 is 8.03 Å². The maximum atomic E-state index is 10.00. The van der Waals surface area contributed by atoms with Gasteiger partial charge in [-0.3, -0.25) is 4.57 Å². The summed E-state index contributed by atoms with van der Waals surface area (Å²) in [5.41, 5.74) is 1.85. The number of hydrogen-bond donors (Lipinski definition) is 0. The Morgan fingerprint density at radius 3 is 2.29 bits per heavy atom. The monoisotopic (exact) mass is 114 g/mol. The number of rotatable bonds is 1. The molecule has 0 amide bonds. The minimum atomic E-state index is -2.34. The van der Waals surface area contributed by atoms with Crippen LogP contribution in [0, 0.1) is 24.6 Å². The molecule has 0 aliphatic heterocycles. The topological polar surface area (TPSA) is 26.3 Å². The van der Waals surface area contributed by atoms with Crippen molar-refractivity contribution in [3.8, 4) is 24.6 Å². The molecule has 2 nitrogen and oxygen atoms in total. The van der Waals surface area contributed by atoms with Gasteiger partial charge in [0, 0.05) is 0 Å². The summed E-state index contributed by atoms with van der Waals surface area (Å²) in [6.07, 6.45) is 10.9. The van der Waals surface area contributed by atoms with Crippen molar-refractivity contribution in [1.82, 2.24) is 0 Å². The van der Waals surface area contributed by atoms with Gasteiger partial charge in [-0.1, -0.05) is 6.42 Å². The second kappa shape index (κ2) is 3.34. The van der Waals surface area contributed by atoms with Gasteiger partial charge in [0.15, 0.2) is 0 Å². The zero-order valence-electron chi connectivity index (χ0n) is 3.47. The Bertz CT molecular complexity index is 148. The van der Waals surface area contributed by atoms with Crippen molar-refractivity contribution in [3.05, 3.63) is 0 Å². The third-order valence-corrected chi connectivity index (χ3v) is 0.808. The van der Waals surface area contributed by atoms with E-state index in [1.165, 1.54) is 0 Å². The van der Waals surface area contributed by atoms with Gasteiger partial charge in [0.2, 0.25) is 0 Å². The van der Waals surface area contributed by atoms with Gasteiger partial charge in [-0.15, -0.1) is 6.42 Å². The summed E-state index contributed by atoms with van der Waals surface area (Å²) >= 11 is 0. The lowest BCUT2D eigenvalue weighted by Gasteiger charge is -1.81. The summed E-state index contributed by atoms with van der Waals surface area (Å²) in [5, 5.41) is 0. The first-order valence-electron chi connectivity index (χ1n) is 1.44. The van der Waals surface area contributed by atoms with Crippen molar-refractivity contribution in [1.29, 1.82) is 0 Å². The minimum Gasteiger partial charge on any atom is -0.384 e. The third kappa shape index (κ3) is 2.97. The molecule has 0 aliphatic carbocycles. The van der Waals surface area contributed by atoms with E-state index in [-0.39, 0.29) is 0 Å². The number of hydrogen-bond acceptors (Lipinski definition) is 2. The fourth-order valence-corrected chi connectivity index (χ4v) is 0.249. The van der Waals surface area contributed by atoms with E-state index in [0.29, 0.717) is 0 Å². The largest absolute Gasteiger partial charge is 0.384 e. The van der Waals surface area contributed by atoms with Gasteiger partial charge < -0.3 is 4.52 Å². The van der Waals surface area contributed by atoms with E-state index in [9.17, 15) is 4.57 Å². The lowest BCUT2D eigenvalue weighted by atomic mass is 11.3. The summed E-state index contributed by atoms with van der Waals surface area (Å²) in [5.74, 6) is 0. The molecule has 0 aromatic carbocycles. The van der Waals surface area contributed by atoms with Gasteiger partial charge in [0.1, 0.15) is 6.11 Å². The Labute approximate surface area is 42.7 Å². The molecular weight excluding hydrogens is 111 g/mol. The minimum absolute atomic E-state index is 1.71. The molecule has 36 valence electrons. The van der Waals surface area contributed by atoms with Crippen molar-refractivity contribution < 1.29 is 9.09 Å². The standard InChI is InChI=1S/C4H3O2P/c1-3-6-7(5)4-2/h1-2,7H. The maximum Gasteiger partial charge on any atom is 0.316 e. The van der Waals surface area contributed by atoms with Crippen molar-refractivity contribution in [2.24, 2.45) is 0 Å². The van der Waals surface area contributed by atoms with Crippen LogP contribution in [0.15, 0.2) is 0 Å². The van der Waals surface area contributed by atoms with E-state index in [0.717, 1.165) is 0 Å². The summed E-state index contributed by atoms with van der Waals surface area (Å²) < 4.78 is 14.0. The lowest BCUT2D eigenvalue weighted by Crippen LogP contribution is -1.56. The molecule has 0 saturated carbocycles. The van der Waals surface area contributed by atoms with Crippen LogP contribution in [0.4, 0.5) is 0 Å². The maximum absolute atomic E-state index is 10.00. The Hall–Kier alpha value is -0.850. The van der Waals surface area contributed by atoms with Gasteiger partial charge in [-0.25, -0.2) is 0 Å². The van der Waals surface area contributed by atoms with E-state index in [2.05, 4.69) is 17.4 Å². The molecule has 0 fully saturated rings. The first kappa shape index (κ1) is 6.15. The normalized spacial score (nSPS) is 10.6. The van der Waals surface area contributed by atoms with Crippen molar-refractivity contribution in [2.75, 3.05) is 0 Å². The highest BCUT2D eigenvalue weighted by Gasteiger charge is 1.82. The Morgan fingerprint density at radius 2 is 2.14 bits per heavy atom. The highest BCUT2D eigenvalue weighted by Crippen LogP contribution is 2.16. The highest BCUT2D eigenvalue weighted by molar-refractivity contribution is 7.45. The van der Waals surface area contributed by atoms with E-state index in [1.807, 2.05) is 5.66 Å². The molecular formula is C4H3O2P. The fourth-order valence-electron chi connectivity index (χ4n) is 0.0830. The van der Waals surface area contributed by atoms with Crippen LogP contribution in [-0.2, 0) is 9.09 Å². The van der Waals surface area contributed by atoms with Crippen LogP contribution in [0.2, 0.25) is 0 Å². The van der Waals surface area contributed by atoms with Crippen LogP contribution < -0.4 is 0 Å². The molecule has 0 radical (unpaired) electrons. The first-order valence-corrected chi connectivity index (χ1v) is 2.76. The molecule has 7 heavy (non-hydrogen) atoms. The average molecular weight is 114 g/mol. The molecule has 1 unspecified atom stereocenters. The molecule has 0 bridgehead atoms. The second-order valence-electron chi connectivity index (χ2n) is 0.652. The van der Waals surface area contributed by atoms with Crippen molar-refractivity contribution in [2.45, 2.75) is 0 Å². The van der Waals surface area contributed by atoms with Gasteiger partial charge in [-0.2, -0.15) is 0 Å². The summed E-state index contributed by atoms with van der Waals surface area (Å²) in [6, 6.07) is 0. The molecule has 0 spiro atoms. The van der Waals surface area contributed by atoms with Crippen LogP contribution in [0.25, 0.3) is 0 Å². The van der Waals surface area contributed by atoms with Crippen LogP contribution in [0.3, 0.4) is 0 Å². The average Bonchev–Trinajstić information content (AvgIpc) is 1.68. The molecule has 0 aromatic rings. The zero-order valence-corrected chi connectivity index (χ0v) is 4.47.